The van der Waals surface area contributed by atoms with Crippen molar-refractivity contribution in [3.8, 4) is 0 Å². The lowest BCUT2D eigenvalue weighted by molar-refractivity contribution is -0.671. The average molecular weight is 206 g/mol. The van der Waals surface area contributed by atoms with E-state index in [9.17, 15) is 0 Å². The first-order chi connectivity index (χ1) is 7.33. The minimum Gasteiger partial charge on any atom is -0.368 e. The van der Waals surface area contributed by atoms with Crippen LogP contribution in [-0.4, -0.2) is 9.55 Å². The number of aromatic nitrogens is 3. The van der Waals surface area contributed by atoms with Crippen LogP contribution in [-0.2, 0) is 13.6 Å². The van der Waals surface area contributed by atoms with Crippen LogP contribution in [0.2, 0.25) is 0 Å². The largest absolute Gasteiger partial charge is 0.368 e. The zero-order chi connectivity index (χ0) is 10.9. The minimum absolute atomic E-state index is 1.15. The number of aromatic amines is 1. The summed E-state index contributed by atoms with van der Waals surface area (Å²) in [5.41, 5.74) is 0. The van der Waals surface area contributed by atoms with Crippen molar-refractivity contribution in [1.82, 2.24) is 9.55 Å². The third kappa shape index (κ3) is 5.05. The molecule has 15 heavy (non-hydrogen) atoms. The fraction of sp³-hybridized carbons (Fsp3) is 0.417. The van der Waals surface area contributed by atoms with Crippen molar-refractivity contribution in [3.63, 3.8) is 0 Å². The van der Waals surface area contributed by atoms with E-state index in [1.54, 1.807) is 0 Å². The minimum atomic E-state index is 1.15. The third-order valence-corrected chi connectivity index (χ3v) is 2.09. The third-order valence-electron chi connectivity index (χ3n) is 2.09. The Kier molecular flexibility index (Phi) is 5.30. The van der Waals surface area contributed by atoms with Gasteiger partial charge in [0.25, 0.3) is 0 Å². The molecular weight excluding hydrogens is 186 g/mol. The van der Waals surface area contributed by atoms with Gasteiger partial charge >= 0.3 is 0 Å². The van der Waals surface area contributed by atoms with Gasteiger partial charge in [0.2, 0.25) is 6.33 Å². The second-order valence-corrected chi connectivity index (χ2v) is 3.56. The number of hydrogen-bond acceptors (Lipinski definition) is 0. The van der Waals surface area contributed by atoms with Crippen LogP contribution in [0.15, 0.2) is 43.2 Å². The molecule has 0 aliphatic carbocycles. The van der Waals surface area contributed by atoms with Crippen molar-refractivity contribution in [2.45, 2.75) is 26.3 Å². The van der Waals surface area contributed by atoms with Crippen LogP contribution in [0.4, 0.5) is 0 Å². The maximum absolute atomic E-state index is 2.86. The standard InChI is InChI=1S/C8H15N2.C4H5N/c1-3-4-5-10-7-6-9(2)8-10;1-2-4-5-3-1/h6-8H,3-5H2,1-2H3;1-5H/q+1;. The van der Waals surface area contributed by atoms with Gasteiger partial charge in [0.05, 0.1) is 13.6 Å². The Hall–Kier alpha value is -1.51. The highest BCUT2D eigenvalue weighted by Gasteiger charge is 1.96. The van der Waals surface area contributed by atoms with Gasteiger partial charge in [0.1, 0.15) is 12.4 Å². The molecule has 2 aromatic rings. The van der Waals surface area contributed by atoms with Crippen LogP contribution in [0.1, 0.15) is 19.8 Å². The predicted octanol–water partition coefficient (Wildman–Crippen LogP) is 2.13. The number of imidazole rings is 1. The van der Waals surface area contributed by atoms with Crippen LogP contribution in [0.25, 0.3) is 0 Å². The van der Waals surface area contributed by atoms with Crippen molar-refractivity contribution >= 4 is 0 Å². The number of H-pyrrole nitrogens is 1. The van der Waals surface area contributed by atoms with Crippen LogP contribution in [0.3, 0.4) is 0 Å². The van der Waals surface area contributed by atoms with E-state index in [1.807, 2.05) is 31.6 Å². The molecule has 2 aromatic heterocycles. The Morgan fingerprint density at radius 3 is 2.40 bits per heavy atom. The number of rotatable bonds is 3. The smallest absolute Gasteiger partial charge is 0.243 e. The molecule has 0 bridgehead atoms. The Balaban J connectivity index is 0.000000187. The lowest BCUT2D eigenvalue weighted by Crippen LogP contribution is -2.23. The summed E-state index contributed by atoms with van der Waals surface area (Å²) >= 11 is 0. The molecule has 2 heterocycles. The Morgan fingerprint density at radius 2 is 2.00 bits per heavy atom. The molecule has 2 rings (SSSR count). The van der Waals surface area contributed by atoms with E-state index in [1.165, 1.54) is 12.8 Å². The van der Waals surface area contributed by atoms with Crippen LogP contribution >= 0.6 is 0 Å². The quantitative estimate of drug-likeness (QED) is 0.744. The Labute approximate surface area is 91.4 Å². The predicted molar refractivity (Wildman–Crippen MR) is 61.3 cm³/mol. The van der Waals surface area contributed by atoms with E-state index < -0.39 is 0 Å². The second kappa shape index (κ2) is 6.87. The maximum atomic E-state index is 2.86. The highest BCUT2D eigenvalue weighted by molar-refractivity contribution is 4.84. The molecule has 3 heteroatoms. The van der Waals surface area contributed by atoms with Gasteiger partial charge in [-0.3, -0.25) is 0 Å². The summed E-state index contributed by atoms with van der Waals surface area (Å²) in [6.45, 7) is 3.36. The first-order valence-corrected chi connectivity index (χ1v) is 5.41. The molecule has 0 unspecified atom stereocenters. The van der Waals surface area contributed by atoms with Gasteiger partial charge in [-0.1, -0.05) is 13.3 Å². The Bertz CT molecular complexity index is 318. The van der Waals surface area contributed by atoms with E-state index in [0.717, 1.165) is 6.54 Å². The molecule has 0 aliphatic rings. The van der Waals surface area contributed by atoms with Gasteiger partial charge in [0, 0.05) is 12.4 Å². The van der Waals surface area contributed by atoms with Gasteiger partial charge in [-0.15, -0.1) is 0 Å². The van der Waals surface area contributed by atoms with Gasteiger partial charge < -0.3 is 4.98 Å². The van der Waals surface area contributed by atoms with Crippen LogP contribution in [0.5, 0.6) is 0 Å². The number of nitrogens with zero attached hydrogens (tertiary/aromatic N) is 2. The first-order valence-electron chi connectivity index (χ1n) is 5.41. The summed E-state index contributed by atoms with van der Waals surface area (Å²) in [5, 5.41) is 0. The summed E-state index contributed by atoms with van der Waals surface area (Å²) in [4.78, 5) is 2.86. The fourth-order valence-corrected chi connectivity index (χ4v) is 1.25. The van der Waals surface area contributed by atoms with Crippen LogP contribution in [0, 0.1) is 0 Å². The first kappa shape index (κ1) is 11.6. The van der Waals surface area contributed by atoms with Crippen molar-refractivity contribution in [1.29, 1.82) is 0 Å². The summed E-state index contributed by atoms with van der Waals surface area (Å²) < 4.78 is 4.28. The summed E-state index contributed by atoms with van der Waals surface area (Å²) in [6.07, 6.45) is 12.6. The van der Waals surface area contributed by atoms with Crippen LogP contribution < -0.4 is 4.57 Å². The molecule has 0 fully saturated rings. The molecule has 82 valence electrons. The summed E-state index contributed by atoms with van der Waals surface area (Å²) in [5.74, 6) is 0. The van der Waals surface area contributed by atoms with Crippen molar-refractivity contribution in [2.24, 2.45) is 7.05 Å². The number of hydrogen-bond donors (Lipinski definition) is 1. The van der Waals surface area contributed by atoms with Gasteiger partial charge in [-0.25, -0.2) is 9.13 Å². The number of unbranched alkanes of at least 4 members (excludes halogenated alkanes) is 1. The van der Waals surface area contributed by atoms with Crippen molar-refractivity contribution < 1.29 is 4.57 Å². The molecule has 0 saturated heterocycles. The van der Waals surface area contributed by atoms with E-state index in [4.69, 9.17) is 0 Å². The fourth-order valence-electron chi connectivity index (χ4n) is 1.25. The molecule has 0 saturated carbocycles. The zero-order valence-electron chi connectivity index (χ0n) is 9.56. The average Bonchev–Trinajstić information content (AvgIpc) is 2.88. The molecule has 0 aliphatic heterocycles. The van der Waals surface area contributed by atoms with Gasteiger partial charge in [0.15, 0.2) is 0 Å². The van der Waals surface area contributed by atoms with E-state index in [2.05, 4.69) is 39.8 Å². The summed E-state index contributed by atoms with van der Waals surface area (Å²) in [6, 6.07) is 3.89. The molecule has 0 atom stereocenters. The molecule has 3 nitrogen and oxygen atoms in total. The summed E-state index contributed by atoms with van der Waals surface area (Å²) in [7, 11) is 2.04. The molecular formula is C12H20N3+. The second-order valence-electron chi connectivity index (χ2n) is 3.56. The van der Waals surface area contributed by atoms with E-state index in [0.29, 0.717) is 0 Å². The molecule has 0 aromatic carbocycles. The normalized spacial score (nSPS) is 9.47. The number of aryl methyl sites for hydroxylation is 2. The highest BCUT2D eigenvalue weighted by atomic mass is 15.1. The maximum Gasteiger partial charge on any atom is 0.243 e. The topological polar surface area (TPSA) is 24.6 Å². The number of nitrogens with one attached hydrogen (secondary N) is 1. The molecule has 0 radical (unpaired) electrons. The zero-order valence-corrected chi connectivity index (χ0v) is 9.56. The monoisotopic (exact) mass is 206 g/mol. The van der Waals surface area contributed by atoms with E-state index >= 15 is 0 Å². The van der Waals surface area contributed by atoms with E-state index in [-0.39, 0.29) is 0 Å². The Morgan fingerprint density at radius 1 is 1.27 bits per heavy atom. The highest BCUT2D eigenvalue weighted by Crippen LogP contribution is 1.91. The van der Waals surface area contributed by atoms with Gasteiger partial charge in [-0.05, 0) is 18.6 Å². The molecule has 0 spiro atoms. The molecule has 0 amide bonds. The lowest BCUT2D eigenvalue weighted by Gasteiger charge is -1.90. The van der Waals surface area contributed by atoms with Crippen molar-refractivity contribution in [2.75, 3.05) is 0 Å². The van der Waals surface area contributed by atoms with Gasteiger partial charge in [-0.2, -0.15) is 0 Å². The lowest BCUT2D eigenvalue weighted by atomic mass is 10.3. The SMILES string of the molecule is CCCCn1cc[n+](C)c1.c1cc[nH]c1. The van der Waals surface area contributed by atoms with Crippen molar-refractivity contribution in [3.05, 3.63) is 43.2 Å². The molecule has 1 N–H and O–H groups in total.